The van der Waals surface area contributed by atoms with E-state index in [1.165, 1.54) is 0 Å². The number of nitrogens with one attached hydrogen (secondary N) is 1. The quantitative estimate of drug-likeness (QED) is 0.823. The highest BCUT2D eigenvalue weighted by molar-refractivity contribution is 5.85. The maximum Gasteiger partial charge on any atom is 0.0525 e. The minimum Gasteiger partial charge on any atom is -0.384 e. The van der Waals surface area contributed by atoms with Gasteiger partial charge in [0, 0.05) is 44.2 Å². The largest absolute Gasteiger partial charge is 0.384 e. The summed E-state index contributed by atoms with van der Waals surface area (Å²) in [6.45, 7) is 13.3. The van der Waals surface area contributed by atoms with Crippen molar-refractivity contribution in [2.24, 2.45) is 5.41 Å². The highest BCUT2D eigenvalue weighted by Crippen LogP contribution is 2.18. The van der Waals surface area contributed by atoms with Crippen LogP contribution in [0.15, 0.2) is 0 Å². The Morgan fingerprint density at radius 2 is 1.75 bits per heavy atom. The first-order chi connectivity index (χ1) is 6.93. The molecule has 4 heteroatoms. The lowest BCUT2D eigenvalue weighted by atomic mass is 9.93. The van der Waals surface area contributed by atoms with Crippen molar-refractivity contribution >= 4 is 12.4 Å². The molecule has 3 nitrogen and oxygen atoms in total. The molecule has 16 heavy (non-hydrogen) atoms. The number of hydrogen-bond donors (Lipinski definition) is 1. The molecule has 1 saturated heterocycles. The Balaban J connectivity index is 0.00000225. The second-order valence-electron chi connectivity index (χ2n) is 5.76. The number of hydrogen-bond acceptors (Lipinski definition) is 3. The van der Waals surface area contributed by atoms with E-state index in [0.29, 0.717) is 12.1 Å². The van der Waals surface area contributed by atoms with E-state index in [4.69, 9.17) is 4.74 Å². The minimum absolute atomic E-state index is 0. The first kappa shape index (κ1) is 16.2. The van der Waals surface area contributed by atoms with Crippen LogP contribution in [0, 0.1) is 5.41 Å². The summed E-state index contributed by atoms with van der Waals surface area (Å²) in [5.74, 6) is 0. The topological polar surface area (TPSA) is 24.5 Å². The number of halogens is 1. The van der Waals surface area contributed by atoms with Crippen LogP contribution in [0.5, 0.6) is 0 Å². The van der Waals surface area contributed by atoms with E-state index in [1.54, 1.807) is 7.11 Å². The summed E-state index contributed by atoms with van der Waals surface area (Å²) in [5, 5.41) is 3.55. The van der Waals surface area contributed by atoms with E-state index in [2.05, 4.69) is 37.9 Å². The number of rotatable bonds is 4. The molecule has 0 aromatic carbocycles. The third kappa shape index (κ3) is 5.48. The summed E-state index contributed by atoms with van der Waals surface area (Å²) in [6, 6.07) is 1.21. The smallest absolute Gasteiger partial charge is 0.0525 e. The van der Waals surface area contributed by atoms with E-state index in [9.17, 15) is 0 Å². The third-order valence-electron chi connectivity index (χ3n) is 2.82. The number of ether oxygens (including phenoxy) is 1. The molecule has 0 amide bonds. The Kier molecular flexibility index (Phi) is 6.87. The Morgan fingerprint density at radius 3 is 2.19 bits per heavy atom. The summed E-state index contributed by atoms with van der Waals surface area (Å²) in [4.78, 5) is 2.55. The predicted octanol–water partition coefficient (Wildman–Crippen LogP) is 1.76. The van der Waals surface area contributed by atoms with E-state index in [1.807, 2.05) is 0 Å². The van der Waals surface area contributed by atoms with Crippen molar-refractivity contribution in [3.8, 4) is 0 Å². The van der Waals surface area contributed by atoms with Crippen LogP contribution in [0.2, 0.25) is 0 Å². The van der Waals surface area contributed by atoms with Crippen LogP contribution < -0.4 is 5.32 Å². The van der Waals surface area contributed by atoms with Gasteiger partial charge in [0.05, 0.1) is 6.61 Å². The van der Waals surface area contributed by atoms with Gasteiger partial charge in [-0.1, -0.05) is 13.8 Å². The Labute approximate surface area is 106 Å². The van der Waals surface area contributed by atoms with Crippen molar-refractivity contribution in [1.82, 2.24) is 10.2 Å². The molecule has 1 N–H and O–H groups in total. The standard InChI is InChI=1S/C12H26N2O.ClH/c1-10-6-14(7-11(2)13-10)8-12(3,4)9-15-5;/h10-11,13H,6-9H2,1-5H3;1H. The second-order valence-corrected chi connectivity index (χ2v) is 5.76. The SMILES string of the molecule is COCC(C)(C)CN1CC(C)NC(C)C1.Cl. The van der Waals surface area contributed by atoms with Gasteiger partial charge < -0.3 is 10.1 Å². The second kappa shape index (κ2) is 6.80. The summed E-state index contributed by atoms with van der Waals surface area (Å²) >= 11 is 0. The molecule has 0 saturated carbocycles. The number of piperazine rings is 1. The lowest BCUT2D eigenvalue weighted by molar-refractivity contribution is 0.0538. The number of nitrogens with zero attached hydrogens (tertiary/aromatic N) is 1. The van der Waals surface area contributed by atoms with Gasteiger partial charge in [0.1, 0.15) is 0 Å². The fraction of sp³-hybridized carbons (Fsp3) is 1.00. The van der Waals surface area contributed by atoms with Crippen LogP contribution in [0.4, 0.5) is 0 Å². The van der Waals surface area contributed by atoms with Crippen LogP contribution >= 0.6 is 12.4 Å². The third-order valence-corrected chi connectivity index (χ3v) is 2.82. The van der Waals surface area contributed by atoms with Gasteiger partial charge in [-0.05, 0) is 13.8 Å². The molecule has 1 aliphatic rings. The molecule has 1 rings (SSSR count). The van der Waals surface area contributed by atoms with Gasteiger partial charge in [-0.2, -0.15) is 0 Å². The van der Waals surface area contributed by atoms with E-state index in [-0.39, 0.29) is 17.8 Å². The first-order valence-electron chi connectivity index (χ1n) is 5.90. The monoisotopic (exact) mass is 250 g/mol. The molecule has 2 atom stereocenters. The van der Waals surface area contributed by atoms with Crippen LogP contribution in [-0.4, -0.2) is 50.3 Å². The van der Waals surface area contributed by atoms with Crippen LogP contribution in [0.3, 0.4) is 0 Å². The van der Waals surface area contributed by atoms with Crippen molar-refractivity contribution in [3.63, 3.8) is 0 Å². The molecule has 1 fully saturated rings. The first-order valence-corrected chi connectivity index (χ1v) is 5.90. The lowest BCUT2D eigenvalue weighted by Crippen LogP contribution is -2.56. The van der Waals surface area contributed by atoms with E-state index in [0.717, 1.165) is 26.2 Å². The Morgan fingerprint density at radius 1 is 1.25 bits per heavy atom. The van der Waals surface area contributed by atoms with E-state index < -0.39 is 0 Å². The van der Waals surface area contributed by atoms with Crippen molar-refractivity contribution in [2.45, 2.75) is 39.8 Å². The van der Waals surface area contributed by atoms with Crippen molar-refractivity contribution in [1.29, 1.82) is 0 Å². The zero-order valence-electron chi connectivity index (χ0n) is 11.2. The zero-order chi connectivity index (χ0) is 11.5. The molecule has 2 unspecified atom stereocenters. The van der Waals surface area contributed by atoms with E-state index >= 15 is 0 Å². The fourth-order valence-electron chi connectivity index (χ4n) is 2.61. The van der Waals surface area contributed by atoms with Crippen molar-refractivity contribution in [3.05, 3.63) is 0 Å². The molecular formula is C12H27ClN2O. The zero-order valence-corrected chi connectivity index (χ0v) is 12.1. The maximum absolute atomic E-state index is 5.26. The average molecular weight is 251 g/mol. The predicted molar refractivity (Wildman–Crippen MR) is 71.4 cm³/mol. The van der Waals surface area contributed by atoms with Gasteiger partial charge in [-0.3, -0.25) is 4.90 Å². The van der Waals surface area contributed by atoms with Crippen molar-refractivity contribution in [2.75, 3.05) is 33.4 Å². The molecule has 0 radical (unpaired) electrons. The maximum atomic E-state index is 5.26. The molecule has 1 heterocycles. The van der Waals surface area contributed by atoms with Gasteiger partial charge in [-0.25, -0.2) is 0 Å². The van der Waals surface area contributed by atoms with Gasteiger partial charge in [-0.15, -0.1) is 12.4 Å². The molecule has 0 spiro atoms. The molecule has 98 valence electrons. The summed E-state index contributed by atoms with van der Waals surface area (Å²) < 4.78 is 5.26. The molecule has 0 aromatic rings. The van der Waals surface area contributed by atoms with Gasteiger partial charge in [0.15, 0.2) is 0 Å². The molecule has 0 aromatic heterocycles. The summed E-state index contributed by atoms with van der Waals surface area (Å²) in [5.41, 5.74) is 0.255. The van der Waals surface area contributed by atoms with Crippen molar-refractivity contribution < 1.29 is 4.74 Å². The summed E-state index contributed by atoms with van der Waals surface area (Å²) in [6.07, 6.45) is 0. The molecule has 1 aliphatic heterocycles. The molecule has 0 aliphatic carbocycles. The molecule has 0 bridgehead atoms. The fourth-order valence-corrected chi connectivity index (χ4v) is 2.61. The summed E-state index contributed by atoms with van der Waals surface area (Å²) in [7, 11) is 1.78. The van der Waals surface area contributed by atoms with Crippen LogP contribution in [0.25, 0.3) is 0 Å². The molecular weight excluding hydrogens is 224 g/mol. The van der Waals surface area contributed by atoms with Gasteiger partial charge >= 0.3 is 0 Å². The van der Waals surface area contributed by atoms with Crippen LogP contribution in [-0.2, 0) is 4.74 Å². The lowest BCUT2D eigenvalue weighted by Gasteiger charge is -2.40. The van der Waals surface area contributed by atoms with Crippen LogP contribution in [0.1, 0.15) is 27.7 Å². The minimum atomic E-state index is 0. The highest BCUT2D eigenvalue weighted by atomic mass is 35.5. The van der Waals surface area contributed by atoms with Gasteiger partial charge in [0.25, 0.3) is 0 Å². The Bertz CT molecular complexity index is 189. The van der Waals surface area contributed by atoms with Gasteiger partial charge in [0.2, 0.25) is 0 Å². The Hall–Kier alpha value is 0.170. The normalized spacial score (nSPS) is 27.6. The average Bonchev–Trinajstić information content (AvgIpc) is 1.99. The highest BCUT2D eigenvalue weighted by Gasteiger charge is 2.26. The number of methoxy groups -OCH3 is 1.